The second-order valence-electron chi connectivity index (χ2n) is 5.24. The number of halogens is 5. The predicted octanol–water partition coefficient (Wildman–Crippen LogP) is 4.14. The standard InChI is InChI=1S/C17H15F5O3/c1-24-13-8-6-11(7-9-13)15(23,16(18,19)17(20,21)22)12-4-3-5-14(10-12)25-2/h3-10,23H,1-2H3. The average molecular weight is 362 g/mol. The van der Waals surface area contributed by atoms with Crippen LogP contribution in [0.4, 0.5) is 22.0 Å². The molecule has 0 spiro atoms. The lowest BCUT2D eigenvalue weighted by Crippen LogP contribution is -2.55. The molecule has 0 saturated carbocycles. The Labute approximate surface area is 140 Å². The second-order valence-corrected chi connectivity index (χ2v) is 5.24. The summed E-state index contributed by atoms with van der Waals surface area (Å²) >= 11 is 0. The predicted molar refractivity (Wildman–Crippen MR) is 80.0 cm³/mol. The number of rotatable bonds is 5. The zero-order valence-corrected chi connectivity index (χ0v) is 13.3. The molecule has 136 valence electrons. The first kappa shape index (κ1) is 19.0. The fourth-order valence-corrected chi connectivity index (χ4v) is 2.41. The average Bonchev–Trinajstić information content (AvgIpc) is 2.60. The van der Waals surface area contributed by atoms with Crippen molar-refractivity contribution in [2.75, 3.05) is 14.2 Å². The van der Waals surface area contributed by atoms with Gasteiger partial charge in [0.05, 0.1) is 14.2 Å². The van der Waals surface area contributed by atoms with Gasteiger partial charge in [-0.05, 0) is 35.4 Å². The van der Waals surface area contributed by atoms with Gasteiger partial charge in [0, 0.05) is 0 Å². The van der Waals surface area contributed by atoms with E-state index in [9.17, 15) is 27.1 Å². The molecule has 1 N–H and O–H groups in total. The Hall–Kier alpha value is -2.35. The summed E-state index contributed by atoms with van der Waals surface area (Å²) in [6, 6.07) is 8.78. The first-order valence-corrected chi connectivity index (χ1v) is 7.04. The Balaban J connectivity index is 2.74. The molecule has 0 aliphatic carbocycles. The number of ether oxygens (including phenoxy) is 2. The van der Waals surface area contributed by atoms with Crippen LogP contribution < -0.4 is 9.47 Å². The molecule has 0 bridgehead atoms. The summed E-state index contributed by atoms with van der Waals surface area (Å²) in [5, 5.41) is 10.6. The van der Waals surface area contributed by atoms with Gasteiger partial charge in [-0.1, -0.05) is 24.3 Å². The third kappa shape index (κ3) is 3.13. The van der Waals surface area contributed by atoms with E-state index in [1.807, 2.05) is 0 Å². The second kappa shape index (κ2) is 6.51. The van der Waals surface area contributed by atoms with Crippen LogP contribution in [0.25, 0.3) is 0 Å². The topological polar surface area (TPSA) is 38.7 Å². The molecule has 8 heteroatoms. The Morgan fingerprint density at radius 1 is 0.760 bits per heavy atom. The molecule has 0 heterocycles. The van der Waals surface area contributed by atoms with Gasteiger partial charge in [-0.3, -0.25) is 0 Å². The molecule has 0 amide bonds. The molecular formula is C17H15F5O3. The van der Waals surface area contributed by atoms with Crippen LogP contribution >= 0.6 is 0 Å². The largest absolute Gasteiger partial charge is 0.497 e. The van der Waals surface area contributed by atoms with Gasteiger partial charge in [0.25, 0.3) is 0 Å². The number of alkyl halides is 5. The van der Waals surface area contributed by atoms with Crippen LogP contribution in [0.2, 0.25) is 0 Å². The third-order valence-corrected chi connectivity index (χ3v) is 3.81. The molecule has 0 aromatic heterocycles. The van der Waals surface area contributed by atoms with Gasteiger partial charge >= 0.3 is 12.1 Å². The minimum atomic E-state index is -5.98. The summed E-state index contributed by atoms with van der Waals surface area (Å²) < 4.78 is 77.6. The van der Waals surface area contributed by atoms with Crippen molar-refractivity contribution in [2.45, 2.75) is 17.7 Å². The Morgan fingerprint density at radius 2 is 1.32 bits per heavy atom. The van der Waals surface area contributed by atoms with Gasteiger partial charge in [-0.25, -0.2) is 0 Å². The van der Waals surface area contributed by atoms with E-state index < -0.39 is 28.8 Å². The molecule has 0 saturated heterocycles. The van der Waals surface area contributed by atoms with E-state index in [-0.39, 0.29) is 11.5 Å². The summed E-state index contributed by atoms with van der Waals surface area (Å²) in [7, 11) is 2.54. The number of hydrogen-bond acceptors (Lipinski definition) is 3. The lowest BCUT2D eigenvalue weighted by molar-refractivity contribution is -0.336. The van der Waals surface area contributed by atoms with Crippen molar-refractivity contribution in [3.05, 3.63) is 59.7 Å². The summed E-state index contributed by atoms with van der Waals surface area (Å²) in [6.07, 6.45) is -5.98. The molecule has 1 unspecified atom stereocenters. The number of methoxy groups -OCH3 is 2. The van der Waals surface area contributed by atoms with Crippen molar-refractivity contribution in [3.8, 4) is 11.5 Å². The lowest BCUT2D eigenvalue weighted by atomic mass is 9.80. The molecular weight excluding hydrogens is 347 g/mol. The van der Waals surface area contributed by atoms with Gasteiger partial charge in [-0.2, -0.15) is 22.0 Å². The first-order valence-electron chi connectivity index (χ1n) is 7.04. The van der Waals surface area contributed by atoms with E-state index in [0.29, 0.717) is 0 Å². The smallest absolute Gasteiger partial charge is 0.457 e. The molecule has 2 rings (SSSR count). The fourth-order valence-electron chi connectivity index (χ4n) is 2.41. The van der Waals surface area contributed by atoms with Crippen LogP contribution in [0.1, 0.15) is 11.1 Å². The molecule has 0 radical (unpaired) electrons. The monoisotopic (exact) mass is 362 g/mol. The highest BCUT2D eigenvalue weighted by Crippen LogP contribution is 2.52. The SMILES string of the molecule is COc1ccc(C(O)(c2cccc(OC)c2)C(F)(F)C(F)(F)F)cc1. The zero-order valence-electron chi connectivity index (χ0n) is 13.3. The van der Waals surface area contributed by atoms with Crippen LogP contribution in [0, 0.1) is 0 Å². The molecule has 25 heavy (non-hydrogen) atoms. The van der Waals surface area contributed by atoms with Crippen LogP contribution in [-0.2, 0) is 5.60 Å². The maximum atomic E-state index is 14.3. The van der Waals surface area contributed by atoms with Gasteiger partial charge in [0.1, 0.15) is 11.5 Å². The number of aliphatic hydroxyl groups is 1. The summed E-state index contributed by atoms with van der Waals surface area (Å²) in [5.41, 5.74) is -4.94. The molecule has 2 aromatic carbocycles. The van der Waals surface area contributed by atoms with E-state index in [1.165, 1.54) is 38.5 Å². The van der Waals surface area contributed by atoms with Crippen LogP contribution in [0.15, 0.2) is 48.5 Å². The first-order chi connectivity index (χ1) is 11.6. The Morgan fingerprint density at radius 3 is 1.80 bits per heavy atom. The molecule has 3 nitrogen and oxygen atoms in total. The minimum absolute atomic E-state index is 0.0300. The van der Waals surface area contributed by atoms with Gasteiger partial charge < -0.3 is 14.6 Å². The molecule has 1 atom stereocenters. The maximum Gasteiger partial charge on any atom is 0.457 e. The highest BCUT2D eigenvalue weighted by molar-refractivity contribution is 5.44. The van der Waals surface area contributed by atoms with Crippen molar-refractivity contribution in [1.82, 2.24) is 0 Å². The molecule has 0 aliphatic heterocycles. The van der Waals surface area contributed by atoms with E-state index in [2.05, 4.69) is 0 Å². The Kier molecular flexibility index (Phi) is 4.94. The quantitative estimate of drug-likeness (QED) is 0.813. The zero-order chi connectivity index (χ0) is 18.9. The van der Waals surface area contributed by atoms with E-state index >= 15 is 0 Å². The van der Waals surface area contributed by atoms with Crippen molar-refractivity contribution < 1.29 is 36.5 Å². The van der Waals surface area contributed by atoms with Gasteiger partial charge in [-0.15, -0.1) is 0 Å². The van der Waals surface area contributed by atoms with Crippen molar-refractivity contribution in [1.29, 1.82) is 0 Å². The van der Waals surface area contributed by atoms with Crippen LogP contribution in [0.3, 0.4) is 0 Å². The van der Waals surface area contributed by atoms with Crippen LogP contribution in [-0.4, -0.2) is 31.4 Å². The summed E-state index contributed by atoms with van der Waals surface area (Å²) in [6.45, 7) is 0. The molecule has 0 fully saturated rings. The highest BCUT2D eigenvalue weighted by Gasteiger charge is 2.71. The number of hydrogen-bond donors (Lipinski definition) is 1. The maximum absolute atomic E-state index is 14.3. The lowest BCUT2D eigenvalue weighted by Gasteiger charge is -2.37. The van der Waals surface area contributed by atoms with Gasteiger partial charge in [0.15, 0.2) is 5.60 Å². The van der Waals surface area contributed by atoms with Crippen molar-refractivity contribution in [2.24, 2.45) is 0 Å². The van der Waals surface area contributed by atoms with Gasteiger partial charge in [0.2, 0.25) is 0 Å². The third-order valence-electron chi connectivity index (χ3n) is 3.81. The van der Waals surface area contributed by atoms with E-state index in [0.717, 1.165) is 24.3 Å². The minimum Gasteiger partial charge on any atom is -0.497 e. The number of benzene rings is 2. The van der Waals surface area contributed by atoms with Crippen molar-refractivity contribution in [3.63, 3.8) is 0 Å². The molecule has 2 aromatic rings. The van der Waals surface area contributed by atoms with Crippen LogP contribution in [0.5, 0.6) is 11.5 Å². The summed E-state index contributed by atoms with van der Waals surface area (Å²) in [5.74, 6) is -5.18. The normalized spacial score (nSPS) is 14.7. The fraction of sp³-hybridized carbons (Fsp3) is 0.294. The van der Waals surface area contributed by atoms with E-state index in [4.69, 9.17) is 9.47 Å². The summed E-state index contributed by atoms with van der Waals surface area (Å²) in [4.78, 5) is 0. The van der Waals surface area contributed by atoms with E-state index in [1.54, 1.807) is 0 Å². The highest BCUT2D eigenvalue weighted by atomic mass is 19.4. The molecule has 0 aliphatic rings. The van der Waals surface area contributed by atoms with Crippen molar-refractivity contribution >= 4 is 0 Å². The Bertz CT molecular complexity index is 728.